The average molecular weight is 306 g/mol. The number of carbonyl (C=O) groups is 2. The zero-order valence-corrected chi connectivity index (χ0v) is 13.0. The normalized spacial score (nSPS) is 17.7. The molecule has 1 atom stereocenters. The van der Waals surface area contributed by atoms with Crippen LogP contribution in [0.4, 0.5) is 4.79 Å². The van der Waals surface area contributed by atoms with Gasteiger partial charge in [0.15, 0.2) is 0 Å². The summed E-state index contributed by atoms with van der Waals surface area (Å²) in [6.45, 7) is 3.26. The Kier molecular flexibility index (Phi) is 5.63. The van der Waals surface area contributed by atoms with Crippen LogP contribution < -0.4 is 10.1 Å². The van der Waals surface area contributed by atoms with E-state index in [0.29, 0.717) is 31.0 Å². The first-order valence-corrected chi connectivity index (χ1v) is 7.51. The number of nitrogens with zero attached hydrogens (tertiary/aromatic N) is 1. The van der Waals surface area contributed by atoms with Crippen LogP contribution in [-0.4, -0.2) is 49.7 Å². The van der Waals surface area contributed by atoms with Crippen molar-refractivity contribution in [3.8, 4) is 5.75 Å². The van der Waals surface area contributed by atoms with E-state index < -0.39 is 6.09 Å². The summed E-state index contributed by atoms with van der Waals surface area (Å²) >= 11 is 0. The first kappa shape index (κ1) is 16.1. The molecule has 1 aromatic rings. The average Bonchev–Trinajstić information content (AvgIpc) is 2.54. The Morgan fingerprint density at radius 2 is 2.14 bits per heavy atom. The van der Waals surface area contributed by atoms with Crippen LogP contribution in [0.3, 0.4) is 0 Å². The number of ether oxygens (including phenoxy) is 2. The fraction of sp³-hybridized carbons (Fsp3) is 0.500. The molecule has 2 rings (SSSR count). The molecule has 2 amide bonds. The lowest BCUT2D eigenvalue weighted by Crippen LogP contribution is -2.49. The predicted molar refractivity (Wildman–Crippen MR) is 82.1 cm³/mol. The molecule has 1 saturated heterocycles. The molecule has 0 spiro atoms. The van der Waals surface area contributed by atoms with E-state index in [4.69, 9.17) is 9.47 Å². The molecule has 6 nitrogen and oxygen atoms in total. The Morgan fingerprint density at radius 1 is 1.36 bits per heavy atom. The standard InChI is InChI=1S/C16H22N2O4/c1-3-22-16(20)17-12-7-6-10-18(11-12)15(19)13-8-4-5-9-14(13)21-2/h4-5,8-9,12H,3,6-7,10-11H2,1-2H3,(H,17,20)/t12-/m1/s1. The van der Waals surface area contributed by atoms with Gasteiger partial charge in [-0.1, -0.05) is 12.1 Å². The lowest BCUT2D eigenvalue weighted by atomic mass is 10.0. The third kappa shape index (κ3) is 3.90. The molecule has 120 valence electrons. The van der Waals surface area contributed by atoms with Gasteiger partial charge in [0.05, 0.1) is 19.3 Å². The molecular weight excluding hydrogens is 284 g/mol. The van der Waals surface area contributed by atoms with Gasteiger partial charge in [-0.15, -0.1) is 0 Å². The Labute approximate surface area is 130 Å². The number of methoxy groups -OCH3 is 1. The summed E-state index contributed by atoms with van der Waals surface area (Å²) in [5.41, 5.74) is 0.543. The number of hydrogen-bond acceptors (Lipinski definition) is 4. The van der Waals surface area contributed by atoms with Crippen LogP contribution in [0.5, 0.6) is 5.75 Å². The lowest BCUT2D eigenvalue weighted by Gasteiger charge is -2.33. The van der Waals surface area contributed by atoms with E-state index in [1.165, 1.54) is 0 Å². The van der Waals surface area contributed by atoms with Gasteiger partial charge in [0.25, 0.3) is 5.91 Å². The molecule has 1 aliphatic heterocycles. The van der Waals surface area contributed by atoms with Crippen molar-refractivity contribution in [1.29, 1.82) is 0 Å². The van der Waals surface area contributed by atoms with Crippen molar-refractivity contribution >= 4 is 12.0 Å². The Balaban J connectivity index is 2.02. The van der Waals surface area contributed by atoms with Crippen molar-refractivity contribution in [2.45, 2.75) is 25.8 Å². The quantitative estimate of drug-likeness (QED) is 0.924. The number of hydrogen-bond donors (Lipinski definition) is 1. The van der Waals surface area contributed by atoms with Gasteiger partial charge in [-0.2, -0.15) is 0 Å². The maximum atomic E-state index is 12.6. The predicted octanol–water partition coefficient (Wildman–Crippen LogP) is 2.05. The molecule has 0 unspecified atom stereocenters. The zero-order chi connectivity index (χ0) is 15.9. The fourth-order valence-electron chi connectivity index (χ4n) is 2.61. The molecule has 0 bridgehead atoms. The molecule has 6 heteroatoms. The minimum atomic E-state index is -0.431. The number of benzene rings is 1. The molecule has 1 N–H and O–H groups in total. The second kappa shape index (κ2) is 7.68. The van der Waals surface area contributed by atoms with E-state index in [-0.39, 0.29) is 11.9 Å². The van der Waals surface area contributed by atoms with E-state index in [9.17, 15) is 9.59 Å². The van der Waals surface area contributed by atoms with E-state index in [0.717, 1.165) is 12.8 Å². The molecule has 1 aromatic carbocycles. The van der Waals surface area contributed by atoms with E-state index >= 15 is 0 Å². The number of para-hydroxylation sites is 1. The van der Waals surface area contributed by atoms with Crippen LogP contribution in [0.25, 0.3) is 0 Å². The van der Waals surface area contributed by atoms with Crippen molar-refractivity contribution in [1.82, 2.24) is 10.2 Å². The van der Waals surface area contributed by atoms with Gasteiger partial charge in [0, 0.05) is 19.1 Å². The highest BCUT2D eigenvalue weighted by Gasteiger charge is 2.27. The molecule has 1 aliphatic rings. The topological polar surface area (TPSA) is 67.9 Å². The number of piperidine rings is 1. The first-order valence-electron chi connectivity index (χ1n) is 7.51. The first-order chi connectivity index (χ1) is 10.7. The summed E-state index contributed by atoms with van der Waals surface area (Å²) in [5.74, 6) is 0.487. The molecule has 0 saturated carbocycles. The van der Waals surface area contributed by atoms with Crippen LogP contribution in [0, 0.1) is 0 Å². The molecule has 22 heavy (non-hydrogen) atoms. The van der Waals surface area contributed by atoms with Crippen LogP contribution in [0.15, 0.2) is 24.3 Å². The Bertz CT molecular complexity index is 533. The largest absolute Gasteiger partial charge is 0.496 e. The summed E-state index contributed by atoms with van der Waals surface area (Å²) in [4.78, 5) is 25.9. The summed E-state index contributed by atoms with van der Waals surface area (Å²) in [5, 5.41) is 2.80. The molecule has 0 aliphatic carbocycles. The zero-order valence-electron chi connectivity index (χ0n) is 13.0. The van der Waals surface area contributed by atoms with Crippen molar-refractivity contribution in [2.24, 2.45) is 0 Å². The molecule has 1 fully saturated rings. The smallest absolute Gasteiger partial charge is 0.407 e. The molecule has 0 radical (unpaired) electrons. The second-order valence-corrected chi connectivity index (χ2v) is 5.16. The van der Waals surface area contributed by atoms with Gasteiger partial charge < -0.3 is 19.7 Å². The number of nitrogens with one attached hydrogen (secondary N) is 1. The molecular formula is C16H22N2O4. The van der Waals surface area contributed by atoms with Crippen LogP contribution in [0.1, 0.15) is 30.1 Å². The fourth-order valence-corrected chi connectivity index (χ4v) is 2.61. The van der Waals surface area contributed by atoms with Crippen LogP contribution in [0.2, 0.25) is 0 Å². The maximum absolute atomic E-state index is 12.6. The summed E-state index contributed by atoms with van der Waals surface area (Å²) < 4.78 is 10.1. The summed E-state index contributed by atoms with van der Waals surface area (Å²) in [6, 6.07) is 7.09. The summed E-state index contributed by atoms with van der Waals surface area (Å²) in [7, 11) is 1.55. The number of amides is 2. The van der Waals surface area contributed by atoms with Gasteiger partial charge in [-0.05, 0) is 31.9 Å². The van der Waals surface area contributed by atoms with E-state index in [1.54, 1.807) is 31.1 Å². The van der Waals surface area contributed by atoms with E-state index in [1.807, 2.05) is 12.1 Å². The molecule has 0 aromatic heterocycles. The van der Waals surface area contributed by atoms with Gasteiger partial charge in [0.1, 0.15) is 5.75 Å². The monoisotopic (exact) mass is 306 g/mol. The van der Waals surface area contributed by atoms with Crippen LogP contribution >= 0.6 is 0 Å². The minimum Gasteiger partial charge on any atom is -0.496 e. The van der Waals surface area contributed by atoms with Gasteiger partial charge >= 0.3 is 6.09 Å². The maximum Gasteiger partial charge on any atom is 0.407 e. The van der Waals surface area contributed by atoms with E-state index in [2.05, 4.69) is 5.32 Å². The Hall–Kier alpha value is -2.24. The molecule has 1 heterocycles. The van der Waals surface area contributed by atoms with Crippen molar-refractivity contribution in [3.05, 3.63) is 29.8 Å². The highest BCUT2D eigenvalue weighted by Crippen LogP contribution is 2.21. The van der Waals surface area contributed by atoms with Crippen LogP contribution in [-0.2, 0) is 4.74 Å². The van der Waals surface area contributed by atoms with Gasteiger partial charge in [-0.3, -0.25) is 4.79 Å². The minimum absolute atomic E-state index is 0.0761. The third-order valence-electron chi connectivity index (χ3n) is 3.64. The Morgan fingerprint density at radius 3 is 2.86 bits per heavy atom. The highest BCUT2D eigenvalue weighted by molar-refractivity contribution is 5.97. The highest BCUT2D eigenvalue weighted by atomic mass is 16.5. The van der Waals surface area contributed by atoms with Gasteiger partial charge in [-0.25, -0.2) is 4.79 Å². The number of carbonyl (C=O) groups excluding carboxylic acids is 2. The summed E-state index contributed by atoms with van der Waals surface area (Å²) in [6.07, 6.45) is 1.26. The van der Waals surface area contributed by atoms with Crippen molar-refractivity contribution in [2.75, 3.05) is 26.8 Å². The van der Waals surface area contributed by atoms with Crippen molar-refractivity contribution < 1.29 is 19.1 Å². The van der Waals surface area contributed by atoms with Gasteiger partial charge in [0.2, 0.25) is 0 Å². The lowest BCUT2D eigenvalue weighted by molar-refractivity contribution is 0.0683. The number of alkyl carbamates (subject to hydrolysis) is 1. The SMILES string of the molecule is CCOC(=O)N[C@@H]1CCCN(C(=O)c2ccccc2OC)C1. The second-order valence-electron chi connectivity index (χ2n) is 5.16. The third-order valence-corrected chi connectivity index (χ3v) is 3.64. The van der Waals surface area contributed by atoms with Crippen molar-refractivity contribution in [3.63, 3.8) is 0 Å². The number of likely N-dealkylation sites (tertiary alicyclic amines) is 1. The number of rotatable bonds is 4.